The fraction of sp³-hybridized carbons (Fsp3) is 0.415. The molecule has 0 spiro atoms. The van der Waals surface area contributed by atoms with Crippen molar-refractivity contribution >= 4 is 74.4 Å². The summed E-state index contributed by atoms with van der Waals surface area (Å²) in [5, 5.41) is 87.6. The van der Waals surface area contributed by atoms with Crippen LogP contribution in [0.2, 0.25) is 5.02 Å². The van der Waals surface area contributed by atoms with Crippen molar-refractivity contribution in [1.29, 1.82) is 26.3 Å². The van der Waals surface area contributed by atoms with Crippen molar-refractivity contribution in [3.63, 3.8) is 0 Å². The summed E-state index contributed by atoms with van der Waals surface area (Å²) in [4.78, 5) is 68.8. The van der Waals surface area contributed by atoms with Gasteiger partial charge in [0, 0.05) is 23.2 Å². The molecule has 7 aromatic carbocycles. The van der Waals surface area contributed by atoms with E-state index in [1.807, 2.05) is 78.8 Å². The van der Waals surface area contributed by atoms with E-state index < -0.39 is 77.2 Å². The monoisotopic (exact) mass is 1910 g/mol. The number of nitro groups is 3. The van der Waals surface area contributed by atoms with Crippen LogP contribution in [0.1, 0.15) is 173 Å². The zero-order chi connectivity index (χ0) is 99.5. The number of halogens is 2. The Hall–Kier alpha value is -11.4. The first-order valence-electron chi connectivity index (χ1n) is 38.4. The van der Waals surface area contributed by atoms with Gasteiger partial charge in [0.2, 0.25) is 0 Å². The van der Waals surface area contributed by atoms with Crippen molar-refractivity contribution in [1.82, 2.24) is 0 Å². The zero-order valence-corrected chi connectivity index (χ0v) is 87.1. The predicted octanol–water partition coefficient (Wildman–Crippen LogP) is 15.2. The van der Waals surface area contributed by atoms with Crippen LogP contribution < -0.4 is 130 Å². The van der Waals surface area contributed by atoms with Gasteiger partial charge < -0.3 is 64.4 Å². The van der Waals surface area contributed by atoms with Crippen LogP contribution in [0, 0.1) is 125 Å². The van der Waals surface area contributed by atoms with Gasteiger partial charge in [-0.2, -0.15) is 26.3 Å². The van der Waals surface area contributed by atoms with Crippen LogP contribution in [0.15, 0.2) is 140 Å². The number of aryl methyl sites for hydroxylation is 1. The molecule has 0 unspecified atom stereocenters. The molecule has 2 N–H and O–H groups in total. The average Bonchev–Trinajstić information content (AvgIpc) is 0.722. The number of nitrogen functional groups attached to an aromatic ring is 1. The number of carbonyl (C=O) groups is 3. The van der Waals surface area contributed by atoms with Crippen molar-refractivity contribution in [2.75, 3.05) is 71.9 Å². The van der Waals surface area contributed by atoms with Gasteiger partial charge in [-0.3, -0.25) is 40.1 Å². The van der Waals surface area contributed by atoms with E-state index in [0.29, 0.717) is 50.1 Å². The van der Waals surface area contributed by atoms with Gasteiger partial charge in [-0.15, -0.1) is 18.4 Å². The summed E-state index contributed by atoms with van der Waals surface area (Å²) < 4.78 is 54.5. The quantitative estimate of drug-likeness (QED) is 0.00796. The predicted molar refractivity (Wildman–Crippen MR) is 494 cm³/mol. The number of ether oxygens (including phenoxy) is 11. The first-order valence-corrected chi connectivity index (χ1v) is 39.9. The van der Waals surface area contributed by atoms with Crippen molar-refractivity contribution in [2.45, 2.75) is 196 Å². The summed E-state index contributed by atoms with van der Waals surface area (Å²) in [5.41, 5.74) is 6.63. The number of anilines is 2. The van der Waals surface area contributed by atoms with Gasteiger partial charge in [0.15, 0.2) is 17.2 Å². The Morgan fingerprint density at radius 2 is 0.854 bits per heavy atom. The zero-order valence-electron chi connectivity index (χ0n) is 80.6. The largest absolute Gasteiger partial charge is 1.00 e. The molecule has 0 heterocycles. The topological polar surface area (TPSA) is 458 Å². The number of hydrogen-bond acceptors (Lipinski definition) is 27. The van der Waals surface area contributed by atoms with Gasteiger partial charge in [-0.05, 0) is 231 Å². The minimum atomic E-state index is -1.06. The molecule has 0 aromatic heterocycles. The van der Waals surface area contributed by atoms with E-state index in [4.69, 9.17) is 105 Å². The molecule has 36 heteroatoms. The second-order valence-electron chi connectivity index (χ2n) is 32.3. The number of hydrogen-bond donors (Lipinski definition) is 1. The molecule has 130 heavy (non-hydrogen) atoms. The Bertz CT molecular complexity index is 5050. The maximum atomic E-state index is 12.5. The molecule has 7 aromatic rings. The van der Waals surface area contributed by atoms with Gasteiger partial charge in [0.25, 0.3) is 0 Å². The molecule has 0 aliphatic heterocycles. The van der Waals surface area contributed by atoms with E-state index in [9.17, 15) is 55.1 Å². The molecule has 690 valence electrons. The number of alkyl halides is 1. The normalized spacial score (nSPS) is 10.2. The molecule has 0 atom stereocenters. The van der Waals surface area contributed by atoms with Crippen LogP contribution in [-0.4, -0.2) is 117 Å². The Morgan fingerprint density at radius 3 is 1.21 bits per heavy atom. The second kappa shape index (κ2) is 62.0. The van der Waals surface area contributed by atoms with Crippen LogP contribution in [0.5, 0.6) is 40.2 Å². The number of rotatable bonds is 18. The minimum Gasteiger partial charge on any atom is -1.00 e. The summed E-state index contributed by atoms with van der Waals surface area (Å²) in [5.74, 6) is 8.03. The van der Waals surface area contributed by atoms with Gasteiger partial charge >= 0.3 is 123 Å². The molecule has 0 fully saturated rings. The van der Waals surface area contributed by atoms with E-state index >= 15 is 0 Å². The maximum Gasteiger partial charge on any atom is 1.00 e. The van der Waals surface area contributed by atoms with Gasteiger partial charge in [-0.1, -0.05) is 109 Å². The molecule has 0 aliphatic carbocycles. The first-order chi connectivity index (χ1) is 59.2. The third-order valence-corrected chi connectivity index (χ3v) is 16.1. The number of nitrogens with two attached hydrogens (primary N) is 1. The molecule has 0 saturated carbocycles. The first kappa shape index (κ1) is 127. The fourth-order valence-corrected chi connectivity index (χ4v) is 8.96. The second-order valence-corrected chi connectivity index (χ2v) is 33.3. The van der Waals surface area contributed by atoms with E-state index in [1.165, 1.54) is 63.7 Å². The van der Waals surface area contributed by atoms with Crippen molar-refractivity contribution in [3.05, 3.63) is 220 Å². The number of nitro benzene ring substituents is 3. The fourth-order valence-electron chi connectivity index (χ4n) is 8.83. The molecule has 1 amide bonds. The minimum absolute atomic E-state index is 0. The molecule has 0 bridgehead atoms. The Balaban J connectivity index is -0.000000338. The van der Waals surface area contributed by atoms with Gasteiger partial charge in [0.05, 0.1) is 139 Å². The van der Waals surface area contributed by atoms with Crippen LogP contribution in [-0.2, 0) is 47.0 Å². The van der Waals surface area contributed by atoms with E-state index in [1.54, 1.807) is 196 Å². The smallest absolute Gasteiger partial charge is 1.00 e. The van der Waals surface area contributed by atoms with Gasteiger partial charge in [0.1, 0.15) is 39.8 Å². The van der Waals surface area contributed by atoms with Crippen LogP contribution >= 0.6 is 27.5 Å². The maximum absolute atomic E-state index is 12.5. The average molecular weight is 1910 g/mol. The summed E-state index contributed by atoms with van der Waals surface area (Å²) in [6.07, 6.45) is 7.68. The summed E-state index contributed by atoms with van der Waals surface area (Å²) in [6.45, 7) is 43.5. The number of carbonyl (C=O) groups excluding carboxylic acids is 3. The number of para-hydroxylation sites is 2. The molecule has 0 radical (unpaired) electrons. The third-order valence-electron chi connectivity index (χ3n) is 15.5. The van der Waals surface area contributed by atoms with Crippen LogP contribution in [0.4, 0.5) is 42.8 Å². The standard InChI is InChI=1S/C19H24N2O3.C12H15NO.C11H12N2O3.C11H14N2O.C10H18O5.C9H8N2O3.C8H6ClNO.C7H7NO3.C4H9O.C3H3Br.K.Na.H/c1-8-11-21(17(22)24-18(2,3)4)15-10-9-14(12-16(15)23-7)19(5,6)13-20;1-9-5-6-10(7-11(9)14-4)12(2,3)8-13;1-11(2,7-12)8-4-5-9(13(14)15)10(6-8)16-3;1-11(2,7-12)8-4-5-9(13)10(6-8)14-3;1-9(2,3)14-7(11)13-8(12)15-10(4,5)6;1-14-9-6-7(4-5-10)2-3-8(9)11(12)13;1-10-6-11-8-4-2-7(9)3-5-8;1-11-7-5-3-2-4-6(7)8(9)10;1-4(2,3)5;1-2-3-4;;;/h1,9-10,12H,11H2,2-7H3;5-7H,1-4H3;4-6H,1-3H3;4-6H,13H2,1-3H3;1-6H3;2-3,6H,4H2,1H3;2-5H,6H2;2-5H,1H3;1-3H3;1H,3H2;;;/q;;;;;;;;-1;;2*+1;-1. The molecule has 0 aliphatic rings. The van der Waals surface area contributed by atoms with E-state index in [2.05, 4.69) is 61.6 Å². The van der Waals surface area contributed by atoms with E-state index in [0.717, 1.165) is 28.0 Å². The molecular formula is C94H117BrClKN11NaO21. The summed E-state index contributed by atoms with van der Waals surface area (Å²) in [6, 6.07) is 49.4. The molecular weight excluding hydrogens is 1800 g/mol. The number of nitriles is 5. The van der Waals surface area contributed by atoms with Crippen molar-refractivity contribution in [3.8, 4) is 95.3 Å². The van der Waals surface area contributed by atoms with Gasteiger partial charge in [-0.25, -0.2) is 21.0 Å². The van der Waals surface area contributed by atoms with Crippen molar-refractivity contribution < 1.29 is 169 Å². The number of amides is 1. The molecule has 7 rings (SSSR count). The van der Waals surface area contributed by atoms with Crippen LogP contribution in [0.25, 0.3) is 4.85 Å². The molecule has 32 nitrogen and oxygen atoms in total. The third kappa shape index (κ3) is 52.3. The number of nitrogens with zero attached hydrogens (tertiary/aromatic N) is 10. The number of methoxy groups -OCH3 is 6. The Morgan fingerprint density at radius 1 is 0.508 bits per heavy atom. The Labute approximate surface area is 844 Å². The molecule has 0 saturated heterocycles. The summed E-state index contributed by atoms with van der Waals surface area (Å²) >= 11 is 8.64. The summed E-state index contributed by atoms with van der Waals surface area (Å²) in [7, 11) is 8.85. The number of benzene rings is 7. The van der Waals surface area contributed by atoms with Crippen LogP contribution in [0.3, 0.4) is 0 Å². The van der Waals surface area contributed by atoms with Crippen molar-refractivity contribution in [2.24, 2.45) is 0 Å². The number of terminal acetylenes is 2. The van der Waals surface area contributed by atoms with E-state index in [-0.39, 0.29) is 136 Å². The Kier molecular flexibility index (Phi) is 60.6. The SMILES string of the molecule is C#CCBr.C#CCN(C(=O)OC(C)(C)C)c1ccc(C(C)(C)C#N)cc1OC.CC(C)(C)OC(=O)OC(=O)OC(C)(C)C.CC(C)(C)[O-].COc1cc(C(C)(C)C#N)ccc1C.COc1cc(C(C)(C)C#N)ccc1N.COc1cc(C(C)(C)C#N)ccc1[N+](=O)[O-].COc1cc(CC#N)ccc1[N+](=O)[O-].COc1ccccc1[N+](=O)[O-].[C-]#[N+]COc1ccc(Cl)cc1.[H-].[K+].[Na+].